The van der Waals surface area contributed by atoms with E-state index in [2.05, 4.69) is 10.2 Å². The zero-order valence-corrected chi connectivity index (χ0v) is 9.47. The van der Waals surface area contributed by atoms with Gasteiger partial charge in [-0.2, -0.15) is 0 Å². The van der Waals surface area contributed by atoms with Gasteiger partial charge in [0, 0.05) is 17.8 Å². The van der Waals surface area contributed by atoms with Gasteiger partial charge in [0.1, 0.15) is 0 Å². The van der Waals surface area contributed by atoms with E-state index in [1.54, 1.807) is 4.57 Å². The van der Waals surface area contributed by atoms with E-state index in [9.17, 15) is 4.79 Å². The molecule has 1 aromatic heterocycles. The summed E-state index contributed by atoms with van der Waals surface area (Å²) in [6, 6.07) is 0.226. The number of thioether (sulfide) groups is 1. The second-order valence-corrected chi connectivity index (χ2v) is 4.55. The summed E-state index contributed by atoms with van der Waals surface area (Å²) in [6.45, 7) is 5.83. The SMILES string of the molecule is CC(N)CSc1n[nH]c(=O)n1C(C)C. The van der Waals surface area contributed by atoms with E-state index in [4.69, 9.17) is 5.73 Å². The van der Waals surface area contributed by atoms with Crippen LogP contribution in [0.1, 0.15) is 26.8 Å². The van der Waals surface area contributed by atoms with Crippen molar-refractivity contribution in [2.24, 2.45) is 5.73 Å². The van der Waals surface area contributed by atoms with Crippen molar-refractivity contribution in [1.82, 2.24) is 14.8 Å². The average Bonchev–Trinajstić information content (AvgIpc) is 2.43. The second-order valence-electron chi connectivity index (χ2n) is 3.56. The highest BCUT2D eigenvalue weighted by Gasteiger charge is 2.11. The van der Waals surface area contributed by atoms with Gasteiger partial charge in [-0.15, -0.1) is 5.10 Å². The molecule has 0 aliphatic rings. The van der Waals surface area contributed by atoms with E-state index in [1.807, 2.05) is 20.8 Å². The molecule has 0 saturated heterocycles. The fourth-order valence-corrected chi connectivity index (χ4v) is 2.01. The first-order valence-corrected chi connectivity index (χ1v) is 5.56. The zero-order chi connectivity index (χ0) is 10.7. The highest BCUT2D eigenvalue weighted by molar-refractivity contribution is 7.99. The van der Waals surface area contributed by atoms with Crippen molar-refractivity contribution in [3.05, 3.63) is 10.5 Å². The summed E-state index contributed by atoms with van der Waals surface area (Å²) in [5.74, 6) is 0.761. The van der Waals surface area contributed by atoms with Crippen LogP contribution in [-0.4, -0.2) is 26.6 Å². The largest absolute Gasteiger partial charge is 0.344 e. The third kappa shape index (κ3) is 2.62. The minimum atomic E-state index is -0.160. The third-order valence-electron chi connectivity index (χ3n) is 1.66. The molecule has 0 fully saturated rings. The van der Waals surface area contributed by atoms with Crippen molar-refractivity contribution in [3.8, 4) is 0 Å². The van der Waals surface area contributed by atoms with Gasteiger partial charge in [0.05, 0.1) is 0 Å². The number of rotatable bonds is 4. The minimum Gasteiger partial charge on any atom is -0.327 e. The molecule has 0 bridgehead atoms. The van der Waals surface area contributed by atoms with Crippen LogP contribution in [0, 0.1) is 0 Å². The Morgan fingerprint density at radius 2 is 2.21 bits per heavy atom. The van der Waals surface area contributed by atoms with Crippen molar-refractivity contribution in [2.45, 2.75) is 38.0 Å². The van der Waals surface area contributed by atoms with Crippen LogP contribution in [0.4, 0.5) is 0 Å². The van der Waals surface area contributed by atoms with Crippen LogP contribution in [-0.2, 0) is 0 Å². The number of nitrogens with two attached hydrogens (primary N) is 1. The molecule has 1 atom stereocenters. The molecule has 3 N–H and O–H groups in total. The lowest BCUT2D eigenvalue weighted by molar-refractivity contribution is 0.533. The highest BCUT2D eigenvalue weighted by Crippen LogP contribution is 2.16. The van der Waals surface area contributed by atoms with Gasteiger partial charge in [-0.25, -0.2) is 9.89 Å². The molecule has 80 valence electrons. The predicted octanol–water partition coefficient (Wildman–Crippen LogP) is 0.592. The molecule has 0 amide bonds. The van der Waals surface area contributed by atoms with Crippen LogP contribution in [0.15, 0.2) is 9.95 Å². The fraction of sp³-hybridized carbons (Fsp3) is 0.750. The molecule has 1 rings (SSSR count). The maximum Gasteiger partial charge on any atom is 0.344 e. The second kappa shape index (κ2) is 4.65. The number of hydrogen-bond donors (Lipinski definition) is 2. The first-order chi connectivity index (χ1) is 6.52. The molecule has 1 heterocycles. The molecule has 0 spiro atoms. The lowest BCUT2D eigenvalue weighted by Crippen LogP contribution is -2.21. The van der Waals surface area contributed by atoms with E-state index in [0.717, 1.165) is 5.75 Å². The first kappa shape index (κ1) is 11.3. The number of nitrogens with one attached hydrogen (secondary N) is 1. The Balaban J connectivity index is 2.81. The standard InChI is InChI=1S/C8H16N4OS/c1-5(2)12-7(13)10-11-8(12)14-4-6(3)9/h5-6H,4,9H2,1-3H3,(H,10,13). The van der Waals surface area contributed by atoms with Gasteiger partial charge < -0.3 is 5.73 Å². The maximum absolute atomic E-state index is 11.3. The number of hydrogen-bond acceptors (Lipinski definition) is 4. The van der Waals surface area contributed by atoms with Gasteiger partial charge in [0.15, 0.2) is 5.16 Å². The smallest absolute Gasteiger partial charge is 0.327 e. The maximum atomic E-state index is 11.3. The summed E-state index contributed by atoms with van der Waals surface area (Å²) < 4.78 is 1.63. The summed E-state index contributed by atoms with van der Waals surface area (Å²) in [5, 5.41) is 7.09. The summed E-state index contributed by atoms with van der Waals surface area (Å²) in [4.78, 5) is 11.3. The Hall–Kier alpha value is -0.750. The lowest BCUT2D eigenvalue weighted by atomic mass is 10.4. The molecule has 6 heteroatoms. The molecule has 0 radical (unpaired) electrons. The van der Waals surface area contributed by atoms with Crippen LogP contribution < -0.4 is 11.4 Å². The van der Waals surface area contributed by atoms with Crippen LogP contribution in [0.25, 0.3) is 0 Å². The highest BCUT2D eigenvalue weighted by atomic mass is 32.2. The Kier molecular flexibility index (Phi) is 3.77. The third-order valence-corrected chi connectivity index (χ3v) is 2.90. The van der Waals surface area contributed by atoms with E-state index in [0.29, 0.717) is 5.16 Å². The van der Waals surface area contributed by atoms with Crippen LogP contribution in [0.5, 0.6) is 0 Å². The van der Waals surface area contributed by atoms with Crippen molar-refractivity contribution < 1.29 is 0 Å². The number of aromatic amines is 1. The van der Waals surface area contributed by atoms with Crippen molar-refractivity contribution in [1.29, 1.82) is 0 Å². The van der Waals surface area contributed by atoms with Crippen LogP contribution in [0.2, 0.25) is 0 Å². The minimum absolute atomic E-state index is 0.104. The van der Waals surface area contributed by atoms with E-state index >= 15 is 0 Å². The van der Waals surface area contributed by atoms with Gasteiger partial charge in [0.25, 0.3) is 0 Å². The Labute approximate surface area is 87.1 Å². The van der Waals surface area contributed by atoms with Crippen molar-refractivity contribution >= 4 is 11.8 Å². The molecular weight excluding hydrogens is 200 g/mol. The number of nitrogens with zero attached hydrogens (tertiary/aromatic N) is 2. The zero-order valence-electron chi connectivity index (χ0n) is 8.65. The molecule has 0 aliphatic carbocycles. The van der Waals surface area contributed by atoms with Crippen LogP contribution >= 0.6 is 11.8 Å². The van der Waals surface area contributed by atoms with Gasteiger partial charge in [-0.05, 0) is 20.8 Å². The van der Waals surface area contributed by atoms with E-state index < -0.39 is 0 Å². The molecule has 0 aromatic carbocycles. The number of aromatic nitrogens is 3. The summed E-state index contributed by atoms with van der Waals surface area (Å²) in [6.07, 6.45) is 0. The summed E-state index contributed by atoms with van der Waals surface area (Å²) in [5.41, 5.74) is 5.47. The molecule has 5 nitrogen and oxygen atoms in total. The lowest BCUT2D eigenvalue weighted by Gasteiger charge is -2.09. The van der Waals surface area contributed by atoms with Crippen molar-refractivity contribution in [3.63, 3.8) is 0 Å². The van der Waals surface area contributed by atoms with E-state index in [-0.39, 0.29) is 17.8 Å². The Morgan fingerprint density at radius 1 is 1.57 bits per heavy atom. The van der Waals surface area contributed by atoms with E-state index in [1.165, 1.54) is 11.8 Å². The Bertz CT molecular complexity index is 341. The normalized spacial score (nSPS) is 13.5. The molecule has 0 aliphatic heterocycles. The summed E-state index contributed by atoms with van der Waals surface area (Å²) in [7, 11) is 0. The molecular formula is C8H16N4OS. The quantitative estimate of drug-likeness (QED) is 0.722. The predicted molar refractivity (Wildman–Crippen MR) is 57.6 cm³/mol. The van der Waals surface area contributed by atoms with Gasteiger partial charge in [-0.3, -0.25) is 4.57 Å². The Morgan fingerprint density at radius 3 is 2.71 bits per heavy atom. The molecule has 0 saturated carbocycles. The summed E-state index contributed by atoms with van der Waals surface area (Å²) >= 11 is 1.50. The van der Waals surface area contributed by atoms with Crippen LogP contribution in [0.3, 0.4) is 0 Å². The van der Waals surface area contributed by atoms with Crippen molar-refractivity contribution in [2.75, 3.05) is 5.75 Å². The van der Waals surface area contributed by atoms with Gasteiger partial charge in [-0.1, -0.05) is 11.8 Å². The monoisotopic (exact) mass is 216 g/mol. The molecule has 1 aromatic rings. The average molecular weight is 216 g/mol. The molecule has 14 heavy (non-hydrogen) atoms. The topological polar surface area (TPSA) is 76.7 Å². The van der Waals surface area contributed by atoms with Gasteiger partial charge >= 0.3 is 5.69 Å². The molecule has 1 unspecified atom stereocenters. The number of H-pyrrole nitrogens is 1. The first-order valence-electron chi connectivity index (χ1n) is 4.57. The fourth-order valence-electron chi connectivity index (χ4n) is 1.05. The van der Waals surface area contributed by atoms with Gasteiger partial charge in [0.2, 0.25) is 0 Å².